The van der Waals surface area contributed by atoms with Gasteiger partial charge in [-0.25, -0.2) is 0 Å². The van der Waals surface area contributed by atoms with Crippen molar-refractivity contribution >= 4 is 11.8 Å². The molecule has 9 saturated heterocycles. The van der Waals surface area contributed by atoms with Gasteiger partial charge < -0.3 is 214 Å². The Morgan fingerprint density at radius 1 is 0.272 bits per heavy atom. The van der Waals surface area contributed by atoms with Crippen LogP contribution in [0.5, 0.6) is 0 Å². The number of ether oxygens (including phenoxy) is 17. The number of hydrogen-bond acceptors (Lipinski definition) is 43. The van der Waals surface area contributed by atoms with Crippen LogP contribution < -0.4 is 10.6 Å². The van der Waals surface area contributed by atoms with E-state index in [2.05, 4.69) is 10.6 Å². The number of nitrogens with one attached hydrogen (secondary N) is 2. The summed E-state index contributed by atoms with van der Waals surface area (Å²) in [7, 11) is 0. The zero-order chi connectivity index (χ0) is 75.8. The minimum Gasteiger partial charge on any atom is -0.394 e. The van der Waals surface area contributed by atoms with Crippen molar-refractivity contribution in [1.29, 1.82) is 0 Å². The maximum absolute atomic E-state index is 13.6. The fraction of sp³-hybridized carbons (Fsp3) is 0.966. The molecule has 598 valence electrons. The summed E-state index contributed by atoms with van der Waals surface area (Å²) < 4.78 is 102. The predicted octanol–water partition coefficient (Wildman–Crippen LogP) is -17.3. The first kappa shape index (κ1) is 84.3. The van der Waals surface area contributed by atoms with E-state index in [-0.39, 0.29) is 0 Å². The molecule has 0 spiro atoms. The summed E-state index contributed by atoms with van der Waals surface area (Å²) >= 11 is 0. The number of aliphatic hydroxyl groups excluding tert-OH is 24. The molecule has 45 heteroatoms. The Hall–Kier alpha value is -2.70. The fourth-order valence-electron chi connectivity index (χ4n) is 13.5. The highest BCUT2D eigenvalue weighted by Gasteiger charge is 2.61. The van der Waals surface area contributed by atoms with Crippen molar-refractivity contribution in [1.82, 2.24) is 10.6 Å². The Morgan fingerprint density at radius 3 is 1.03 bits per heavy atom. The minimum atomic E-state index is -2.49. The molecule has 2 amide bonds. The largest absolute Gasteiger partial charge is 0.394 e. The molecule has 0 aromatic heterocycles. The van der Waals surface area contributed by atoms with Gasteiger partial charge in [-0.2, -0.15) is 0 Å². The smallest absolute Gasteiger partial charge is 0.217 e. The zero-order valence-corrected chi connectivity index (χ0v) is 55.7. The number of aliphatic hydroxyl groups is 24. The topological polar surface area (TPSA) is 701 Å². The predicted molar refractivity (Wildman–Crippen MR) is 316 cm³/mol. The summed E-state index contributed by atoms with van der Waals surface area (Å²) in [6, 6.07) is -3.97. The van der Waals surface area contributed by atoms with Crippen molar-refractivity contribution in [2.24, 2.45) is 0 Å². The van der Waals surface area contributed by atoms with Crippen LogP contribution in [0.2, 0.25) is 0 Å². The number of rotatable bonds is 24. The SMILES string of the molecule is CC(=O)N[C@H]1[C@H](O[C@H]2[C@@H](O)[C@@H](CO[C@@H]3O[C@H](CO)[C@@H](O[C@@H]4O[C@H](CO)[C@H](O)[C@H](O)[C@H]4O)[C@H](O[C@H]4O[C@H](C)[C@H](O)[C@H](O)[C@H]4O)[C@H]3NC(C)=O)O[C@@H](O[C@H]3[C@H](O)[C@@H](O)C(O)O[C@@H]3CO)[C@@H]2O)O[C@H](CO)[C@@H](O[C@H]2O[C@H](C)[C@H](O)[C@H](O)[C@H]2O)[C@@H]1O[C@@H]1O[C@H](CO)[C@H](O)[C@H](O)[C@H]1O[C@H]1O[C@H](C)[C@H](O)[C@H](O)[C@H]1O. The lowest BCUT2D eigenvalue weighted by Crippen LogP contribution is -2.72. The van der Waals surface area contributed by atoms with Gasteiger partial charge in [0.1, 0.15) is 201 Å². The van der Waals surface area contributed by atoms with E-state index in [9.17, 15) is 132 Å². The summed E-state index contributed by atoms with van der Waals surface area (Å²) in [5.74, 6) is -1.96. The first-order valence-corrected chi connectivity index (χ1v) is 33.2. The van der Waals surface area contributed by atoms with Crippen molar-refractivity contribution < 1.29 is 213 Å². The Bertz CT molecular complexity index is 2660. The molecule has 1 unspecified atom stereocenters. The average Bonchev–Trinajstić information content (AvgIpc) is 0.767. The van der Waals surface area contributed by atoms with E-state index in [4.69, 9.17) is 80.5 Å². The molecule has 0 aromatic carbocycles. The molecule has 0 radical (unpaired) electrons. The third-order valence-electron chi connectivity index (χ3n) is 19.4. The van der Waals surface area contributed by atoms with E-state index in [0.717, 1.165) is 13.8 Å². The van der Waals surface area contributed by atoms with Crippen LogP contribution in [-0.2, 0) is 90.1 Å². The highest BCUT2D eigenvalue weighted by Crippen LogP contribution is 2.41. The molecule has 9 fully saturated rings. The van der Waals surface area contributed by atoms with Gasteiger partial charge in [0.05, 0.1) is 58.0 Å². The van der Waals surface area contributed by atoms with Gasteiger partial charge >= 0.3 is 0 Å². The standard InChI is InChI=1S/C58H98N2O43/c1-12-25(68)31(74)38(81)53(88-12)98-45-21(10-65)95-52(24(60-16(5)67)47(45)101-58-49(35(78)29(72)18(7-62)93-58)103-55-40(83)33(76)27(70)14(3)90-55)102-48-30(73)22(96-57(42(48)85)97-43-19(8-63)91-50(86)37(80)36(43)79)11-87-51-23(59-15(4)66)46(100-54-39(82)32(75)26(69)13(2)89-54)44(20(9-64)94-51)99-56-41(84)34(77)28(71)17(6-61)92-56/h12-14,17-58,61-65,68-86H,6-11H2,1-5H3,(H,59,66)(H,60,67)/t12-,13-,14-,17-,18-,19-,20-,21-,22-,23-,24-,25+,26+,27+,28+,29+,30+,31+,32+,33+,34+,35+,36-,37-,38-,39-,40-,41-,42-,43-,44-,45-,46-,47-,48+,49-,50?,51-,52+,53-,54-,55-,56+,57+,58+/m1/s1. The van der Waals surface area contributed by atoms with Gasteiger partial charge in [-0.3, -0.25) is 9.59 Å². The van der Waals surface area contributed by atoms with E-state index in [1.165, 1.54) is 20.8 Å². The minimum absolute atomic E-state index is 0.916. The molecule has 0 aliphatic carbocycles. The molecular formula is C58H98N2O43. The van der Waals surface area contributed by atoms with Crippen molar-refractivity contribution in [3.8, 4) is 0 Å². The molecule has 9 heterocycles. The van der Waals surface area contributed by atoms with Gasteiger partial charge in [-0.1, -0.05) is 0 Å². The monoisotopic (exact) mass is 1510 g/mol. The highest BCUT2D eigenvalue weighted by molar-refractivity contribution is 5.73. The molecule has 9 aliphatic heterocycles. The van der Waals surface area contributed by atoms with Crippen LogP contribution in [0.25, 0.3) is 0 Å². The van der Waals surface area contributed by atoms with E-state index in [1.807, 2.05) is 0 Å². The quantitative estimate of drug-likeness (QED) is 0.0427. The molecule has 45 atom stereocenters. The Morgan fingerprint density at radius 2 is 0.583 bits per heavy atom. The molecule has 0 saturated carbocycles. The van der Waals surface area contributed by atoms with Crippen molar-refractivity contribution in [3.05, 3.63) is 0 Å². The Kier molecular flexibility index (Phi) is 29.5. The summed E-state index contributed by atoms with van der Waals surface area (Å²) in [6.45, 7) is -0.979. The third kappa shape index (κ3) is 18.0. The first-order chi connectivity index (χ1) is 48.6. The number of amides is 2. The third-order valence-corrected chi connectivity index (χ3v) is 19.4. The molecule has 0 aromatic rings. The van der Waals surface area contributed by atoms with Gasteiger partial charge in [-0.05, 0) is 20.8 Å². The summed E-state index contributed by atoms with van der Waals surface area (Å²) in [5.41, 5.74) is 0. The lowest BCUT2D eigenvalue weighted by Gasteiger charge is -2.52. The number of carbonyl (C=O) groups excluding carboxylic acids is 2. The summed E-state index contributed by atoms with van der Waals surface area (Å²) in [6.07, 6.45) is -86.3. The van der Waals surface area contributed by atoms with Gasteiger partial charge in [-0.15, -0.1) is 0 Å². The van der Waals surface area contributed by atoms with Crippen LogP contribution in [0.1, 0.15) is 34.6 Å². The molecular weight excluding hydrogens is 1410 g/mol. The molecule has 0 bridgehead atoms. The second-order valence-corrected chi connectivity index (χ2v) is 26.6. The normalized spacial score (nSPS) is 52.3. The van der Waals surface area contributed by atoms with Crippen molar-refractivity contribution in [3.63, 3.8) is 0 Å². The first-order valence-electron chi connectivity index (χ1n) is 33.2. The Balaban J connectivity index is 1.10. The van der Waals surface area contributed by atoms with Gasteiger partial charge in [0, 0.05) is 13.8 Å². The highest BCUT2D eigenvalue weighted by atomic mass is 16.8. The Labute approximate surface area is 584 Å². The van der Waals surface area contributed by atoms with Crippen molar-refractivity contribution in [2.45, 2.75) is 311 Å². The van der Waals surface area contributed by atoms with Crippen molar-refractivity contribution in [2.75, 3.05) is 39.6 Å². The molecule has 9 aliphatic rings. The van der Waals surface area contributed by atoms with Crippen LogP contribution >= 0.6 is 0 Å². The zero-order valence-electron chi connectivity index (χ0n) is 55.7. The maximum Gasteiger partial charge on any atom is 0.217 e. The van der Waals surface area contributed by atoms with Crippen LogP contribution in [-0.4, -0.2) is 450 Å². The van der Waals surface area contributed by atoms with Gasteiger partial charge in [0.15, 0.2) is 56.6 Å². The van der Waals surface area contributed by atoms with Crippen LogP contribution in [0.4, 0.5) is 0 Å². The summed E-state index contributed by atoms with van der Waals surface area (Å²) in [5, 5.41) is 269. The summed E-state index contributed by atoms with van der Waals surface area (Å²) in [4.78, 5) is 27.0. The molecule has 26 N–H and O–H groups in total. The van der Waals surface area contributed by atoms with E-state index < -0.39 is 328 Å². The van der Waals surface area contributed by atoms with Gasteiger partial charge in [0.25, 0.3) is 0 Å². The molecule has 45 nitrogen and oxygen atoms in total. The molecule has 103 heavy (non-hydrogen) atoms. The van der Waals surface area contributed by atoms with Crippen LogP contribution in [0.15, 0.2) is 0 Å². The lowest BCUT2D eigenvalue weighted by molar-refractivity contribution is -0.401. The second-order valence-electron chi connectivity index (χ2n) is 26.6. The lowest BCUT2D eigenvalue weighted by atomic mass is 9.93. The van der Waals surface area contributed by atoms with E-state index in [1.54, 1.807) is 0 Å². The van der Waals surface area contributed by atoms with Gasteiger partial charge in [0.2, 0.25) is 11.8 Å². The fourth-order valence-corrected chi connectivity index (χ4v) is 13.5. The van der Waals surface area contributed by atoms with Crippen LogP contribution in [0, 0.1) is 0 Å². The number of carbonyl (C=O) groups is 2. The maximum atomic E-state index is 13.6. The van der Waals surface area contributed by atoms with Crippen LogP contribution in [0.3, 0.4) is 0 Å². The second kappa shape index (κ2) is 36.0. The average molecular weight is 1510 g/mol. The number of hydrogen-bond donors (Lipinski definition) is 26. The van der Waals surface area contributed by atoms with E-state index >= 15 is 0 Å². The van der Waals surface area contributed by atoms with E-state index in [0.29, 0.717) is 0 Å². The molecule has 9 rings (SSSR count).